The van der Waals surface area contributed by atoms with Gasteiger partial charge in [0.05, 0.1) is 24.7 Å². The molecule has 0 aliphatic heterocycles. The van der Waals surface area contributed by atoms with Crippen LogP contribution in [0.2, 0.25) is 0 Å². The van der Waals surface area contributed by atoms with Crippen molar-refractivity contribution < 1.29 is 0 Å². The van der Waals surface area contributed by atoms with Crippen molar-refractivity contribution in [3.05, 3.63) is 59.2 Å². The Balaban J connectivity index is 1.85. The van der Waals surface area contributed by atoms with Gasteiger partial charge in [0.25, 0.3) is 0 Å². The topological polar surface area (TPSA) is 86.0 Å². The van der Waals surface area contributed by atoms with Crippen molar-refractivity contribution in [3.63, 3.8) is 0 Å². The summed E-state index contributed by atoms with van der Waals surface area (Å²) in [7, 11) is 0. The van der Waals surface area contributed by atoms with Crippen LogP contribution in [0.3, 0.4) is 0 Å². The first-order valence-corrected chi connectivity index (χ1v) is 6.59. The molecule has 0 saturated heterocycles. The summed E-state index contributed by atoms with van der Waals surface area (Å²) in [6, 6.07) is 6.08. The molecule has 3 N–H and O–H groups in total. The monoisotopic (exact) mass is 282 g/mol. The second kappa shape index (κ2) is 7.14. The molecule has 0 aliphatic rings. The van der Waals surface area contributed by atoms with Gasteiger partial charge in [-0.3, -0.25) is 15.4 Å². The molecule has 0 unspecified atom stereocenters. The van der Waals surface area contributed by atoms with Crippen molar-refractivity contribution in [2.45, 2.75) is 20.4 Å². The fraction of sp³-hybridized carbons (Fsp3) is 0.200. The number of benzene rings is 1. The number of aromatic nitrogens is 2. The molecule has 1 aromatic heterocycles. The SMILES string of the molecule is Cc1cccc(C)c1C=NNC(=N)NCc1cnccn1. The third-order valence-electron chi connectivity index (χ3n) is 2.98. The highest BCUT2D eigenvalue weighted by Crippen LogP contribution is 2.09. The van der Waals surface area contributed by atoms with Gasteiger partial charge in [-0.05, 0) is 25.0 Å². The number of hydrogen-bond donors (Lipinski definition) is 3. The minimum Gasteiger partial charge on any atom is -0.349 e. The van der Waals surface area contributed by atoms with Gasteiger partial charge in [-0.1, -0.05) is 18.2 Å². The minimum absolute atomic E-state index is 0.114. The van der Waals surface area contributed by atoms with Crippen LogP contribution >= 0.6 is 0 Å². The Morgan fingerprint density at radius 3 is 2.71 bits per heavy atom. The maximum Gasteiger partial charge on any atom is 0.209 e. The standard InChI is InChI=1S/C15H18N6/c1-11-4-3-5-12(2)14(11)10-20-21-15(16)19-9-13-8-17-6-7-18-13/h3-8,10H,9H2,1-2H3,(H3,16,19,21). The first-order chi connectivity index (χ1) is 10.2. The average Bonchev–Trinajstić information content (AvgIpc) is 2.49. The minimum atomic E-state index is 0.114. The molecule has 0 spiro atoms. The predicted octanol–water partition coefficient (Wildman–Crippen LogP) is 1.74. The summed E-state index contributed by atoms with van der Waals surface area (Å²) in [6.07, 6.45) is 6.61. The predicted molar refractivity (Wildman–Crippen MR) is 83.2 cm³/mol. The van der Waals surface area contributed by atoms with E-state index in [1.54, 1.807) is 24.8 Å². The molecule has 1 aromatic carbocycles. The highest BCUT2D eigenvalue weighted by Gasteiger charge is 1.99. The summed E-state index contributed by atoms with van der Waals surface area (Å²) >= 11 is 0. The second-order valence-corrected chi connectivity index (χ2v) is 4.60. The van der Waals surface area contributed by atoms with Gasteiger partial charge in [0, 0.05) is 18.0 Å². The van der Waals surface area contributed by atoms with Crippen LogP contribution in [0.5, 0.6) is 0 Å². The first-order valence-electron chi connectivity index (χ1n) is 6.59. The van der Waals surface area contributed by atoms with Gasteiger partial charge in [-0.15, -0.1) is 0 Å². The quantitative estimate of drug-likeness (QED) is 0.453. The van der Waals surface area contributed by atoms with Gasteiger partial charge in [0.2, 0.25) is 5.96 Å². The fourth-order valence-electron chi connectivity index (χ4n) is 1.83. The lowest BCUT2D eigenvalue weighted by Gasteiger charge is -2.07. The highest BCUT2D eigenvalue weighted by atomic mass is 15.4. The maximum absolute atomic E-state index is 7.73. The van der Waals surface area contributed by atoms with Gasteiger partial charge in [-0.25, -0.2) is 5.43 Å². The first kappa shape index (κ1) is 14.6. The number of hydrogen-bond acceptors (Lipinski definition) is 4. The number of nitrogens with zero attached hydrogens (tertiary/aromatic N) is 3. The van der Waals surface area contributed by atoms with Crippen molar-refractivity contribution in [1.29, 1.82) is 5.41 Å². The molecule has 0 aliphatic carbocycles. The van der Waals surface area contributed by atoms with E-state index in [1.165, 1.54) is 0 Å². The third-order valence-corrected chi connectivity index (χ3v) is 2.98. The Morgan fingerprint density at radius 1 is 1.29 bits per heavy atom. The molecule has 0 bridgehead atoms. The van der Waals surface area contributed by atoms with Crippen LogP contribution in [0.4, 0.5) is 0 Å². The largest absolute Gasteiger partial charge is 0.349 e. The normalized spacial score (nSPS) is 10.6. The lowest BCUT2D eigenvalue weighted by Crippen LogP contribution is -2.32. The average molecular weight is 282 g/mol. The van der Waals surface area contributed by atoms with Crippen LogP contribution in [0.25, 0.3) is 0 Å². The Bertz CT molecular complexity index is 616. The summed E-state index contributed by atoms with van der Waals surface area (Å²) in [5.74, 6) is 0.114. The Hall–Kier alpha value is -2.76. The lowest BCUT2D eigenvalue weighted by molar-refractivity contribution is 0.809. The van der Waals surface area contributed by atoms with E-state index < -0.39 is 0 Å². The highest BCUT2D eigenvalue weighted by molar-refractivity contribution is 5.85. The summed E-state index contributed by atoms with van der Waals surface area (Å²) in [6.45, 7) is 4.50. The van der Waals surface area contributed by atoms with Gasteiger partial charge < -0.3 is 5.32 Å². The molecule has 108 valence electrons. The van der Waals surface area contributed by atoms with Gasteiger partial charge in [0.1, 0.15) is 0 Å². The second-order valence-electron chi connectivity index (χ2n) is 4.60. The number of hydrazone groups is 1. The van der Waals surface area contributed by atoms with E-state index in [-0.39, 0.29) is 5.96 Å². The zero-order chi connectivity index (χ0) is 15.1. The molecule has 21 heavy (non-hydrogen) atoms. The molecular weight excluding hydrogens is 264 g/mol. The summed E-state index contributed by atoms with van der Waals surface area (Å²) in [4.78, 5) is 8.07. The maximum atomic E-state index is 7.73. The van der Waals surface area contributed by atoms with Crippen LogP contribution in [-0.2, 0) is 6.54 Å². The van der Waals surface area contributed by atoms with Gasteiger partial charge in [-0.2, -0.15) is 5.10 Å². The summed E-state index contributed by atoms with van der Waals surface area (Å²) in [5, 5.41) is 14.7. The number of nitrogens with one attached hydrogen (secondary N) is 3. The zero-order valence-electron chi connectivity index (χ0n) is 12.1. The van der Waals surface area contributed by atoms with Gasteiger partial charge in [0.15, 0.2) is 0 Å². The molecular formula is C15H18N6. The van der Waals surface area contributed by atoms with E-state index in [4.69, 9.17) is 5.41 Å². The molecule has 6 nitrogen and oxygen atoms in total. The summed E-state index contributed by atoms with van der Waals surface area (Å²) in [5.41, 5.74) is 6.78. The van der Waals surface area contributed by atoms with Crippen LogP contribution in [-0.4, -0.2) is 22.1 Å². The Labute approximate surface area is 123 Å². The van der Waals surface area contributed by atoms with E-state index in [0.29, 0.717) is 6.54 Å². The molecule has 0 radical (unpaired) electrons. The van der Waals surface area contributed by atoms with E-state index in [2.05, 4.69) is 25.8 Å². The molecule has 0 atom stereocenters. The number of aryl methyl sites for hydroxylation is 2. The van der Waals surface area contributed by atoms with Crippen molar-refractivity contribution in [2.24, 2.45) is 5.10 Å². The van der Waals surface area contributed by atoms with Gasteiger partial charge >= 0.3 is 0 Å². The van der Waals surface area contributed by atoms with E-state index in [1.807, 2.05) is 32.0 Å². The van der Waals surface area contributed by atoms with Crippen LogP contribution in [0.1, 0.15) is 22.4 Å². The third kappa shape index (κ3) is 4.38. The number of guanidine groups is 1. The zero-order valence-corrected chi connectivity index (χ0v) is 12.1. The smallest absolute Gasteiger partial charge is 0.209 e. The Morgan fingerprint density at radius 2 is 2.05 bits per heavy atom. The van der Waals surface area contributed by atoms with Crippen molar-refractivity contribution in [2.75, 3.05) is 0 Å². The molecule has 2 aromatic rings. The van der Waals surface area contributed by atoms with E-state index in [0.717, 1.165) is 22.4 Å². The van der Waals surface area contributed by atoms with Crippen LogP contribution in [0.15, 0.2) is 41.9 Å². The molecule has 6 heteroatoms. The van der Waals surface area contributed by atoms with E-state index in [9.17, 15) is 0 Å². The number of rotatable bonds is 4. The van der Waals surface area contributed by atoms with E-state index >= 15 is 0 Å². The molecule has 0 amide bonds. The van der Waals surface area contributed by atoms with Crippen molar-refractivity contribution in [1.82, 2.24) is 20.7 Å². The fourth-order valence-corrected chi connectivity index (χ4v) is 1.83. The molecule has 2 rings (SSSR count). The lowest BCUT2D eigenvalue weighted by atomic mass is 10.0. The van der Waals surface area contributed by atoms with Crippen molar-refractivity contribution >= 4 is 12.2 Å². The van der Waals surface area contributed by atoms with Crippen LogP contribution in [0, 0.1) is 19.3 Å². The molecule has 0 saturated carbocycles. The van der Waals surface area contributed by atoms with Crippen molar-refractivity contribution in [3.8, 4) is 0 Å². The Kier molecular flexibility index (Phi) is 4.98. The molecule has 0 fully saturated rings. The summed E-state index contributed by atoms with van der Waals surface area (Å²) < 4.78 is 0. The molecule has 1 heterocycles. The van der Waals surface area contributed by atoms with Crippen LogP contribution < -0.4 is 10.7 Å².